The van der Waals surface area contributed by atoms with Crippen molar-refractivity contribution in [3.63, 3.8) is 0 Å². The molecule has 0 radical (unpaired) electrons. The van der Waals surface area contributed by atoms with E-state index < -0.39 is 0 Å². The van der Waals surface area contributed by atoms with Gasteiger partial charge in [-0.05, 0) is 111 Å². The Balaban J connectivity index is 0.961. The highest BCUT2D eigenvalue weighted by atomic mass is 16.4. The Kier molecular flexibility index (Phi) is 8.04. The van der Waals surface area contributed by atoms with Gasteiger partial charge >= 0.3 is 0 Å². The molecule has 58 heavy (non-hydrogen) atoms. The molecule has 0 atom stereocenters. The van der Waals surface area contributed by atoms with Gasteiger partial charge in [0.05, 0.1) is 17.1 Å². The molecule has 6 nitrogen and oxygen atoms in total. The molecule has 0 saturated carbocycles. The van der Waals surface area contributed by atoms with Gasteiger partial charge in [0.15, 0.2) is 11.2 Å². The van der Waals surface area contributed by atoms with Crippen molar-refractivity contribution in [3.8, 4) is 78.9 Å². The zero-order valence-corrected chi connectivity index (χ0v) is 31.1. The first kappa shape index (κ1) is 33.4. The highest BCUT2D eigenvalue weighted by molar-refractivity contribution is 6.06. The van der Waals surface area contributed by atoms with Crippen LogP contribution in [-0.2, 0) is 0 Å². The van der Waals surface area contributed by atoms with Crippen molar-refractivity contribution in [2.75, 3.05) is 0 Å². The molecule has 0 fully saturated rings. The molecule has 0 amide bonds. The van der Waals surface area contributed by atoms with E-state index in [0.29, 0.717) is 11.8 Å². The molecule has 0 unspecified atom stereocenters. The summed E-state index contributed by atoms with van der Waals surface area (Å²) in [5.41, 5.74) is 15.3. The Hall–Kier alpha value is -7.96. The first-order valence-electron chi connectivity index (χ1n) is 19.2. The topological polar surface area (TPSA) is 77.8 Å². The summed E-state index contributed by atoms with van der Waals surface area (Å²) in [4.78, 5) is 19.4. The first-order chi connectivity index (χ1) is 28.7. The molecule has 0 bridgehead atoms. The molecular formula is C52H32N4O2. The summed E-state index contributed by atoms with van der Waals surface area (Å²) in [6.07, 6.45) is 1.81. The largest absolute Gasteiger partial charge is 0.436 e. The van der Waals surface area contributed by atoms with Gasteiger partial charge in [0, 0.05) is 28.5 Å². The number of oxazole rings is 2. The lowest BCUT2D eigenvalue weighted by molar-refractivity contribution is 0.619. The van der Waals surface area contributed by atoms with Crippen LogP contribution in [0.25, 0.3) is 112 Å². The predicted molar refractivity (Wildman–Crippen MR) is 233 cm³/mol. The first-order valence-corrected chi connectivity index (χ1v) is 19.2. The second-order valence-electron chi connectivity index (χ2n) is 14.2. The van der Waals surface area contributed by atoms with Crippen molar-refractivity contribution in [1.29, 1.82) is 0 Å². The van der Waals surface area contributed by atoms with Crippen LogP contribution >= 0.6 is 0 Å². The summed E-state index contributed by atoms with van der Waals surface area (Å²) >= 11 is 0. The predicted octanol–water partition coefficient (Wildman–Crippen LogP) is 13.6. The van der Waals surface area contributed by atoms with Crippen molar-refractivity contribution in [2.24, 2.45) is 0 Å². The van der Waals surface area contributed by atoms with Gasteiger partial charge in [-0.1, -0.05) is 115 Å². The summed E-state index contributed by atoms with van der Waals surface area (Å²) in [5.74, 6) is 1.23. The number of pyridine rings is 2. The van der Waals surface area contributed by atoms with Crippen LogP contribution in [-0.4, -0.2) is 19.9 Å². The Morgan fingerprint density at radius 1 is 0.310 bits per heavy atom. The van der Waals surface area contributed by atoms with E-state index in [9.17, 15) is 0 Å². The second-order valence-corrected chi connectivity index (χ2v) is 14.2. The fourth-order valence-electron chi connectivity index (χ4n) is 7.74. The number of hydrogen-bond acceptors (Lipinski definition) is 6. The Morgan fingerprint density at radius 3 is 1.34 bits per heavy atom. The van der Waals surface area contributed by atoms with Crippen molar-refractivity contribution in [3.05, 3.63) is 194 Å². The lowest BCUT2D eigenvalue weighted by Crippen LogP contribution is -1.95. The van der Waals surface area contributed by atoms with Crippen LogP contribution < -0.4 is 0 Å². The molecule has 6 heteroatoms. The van der Waals surface area contributed by atoms with Gasteiger partial charge in [-0.2, -0.15) is 0 Å². The smallest absolute Gasteiger partial charge is 0.227 e. The zero-order chi connectivity index (χ0) is 38.4. The second kappa shape index (κ2) is 14.0. The van der Waals surface area contributed by atoms with Gasteiger partial charge in [0.2, 0.25) is 11.8 Å². The maximum atomic E-state index is 6.05. The van der Waals surface area contributed by atoms with E-state index in [1.165, 1.54) is 0 Å². The van der Waals surface area contributed by atoms with Gasteiger partial charge in [-0.25, -0.2) is 15.0 Å². The van der Waals surface area contributed by atoms with Crippen molar-refractivity contribution < 1.29 is 8.83 Å². The summed E-state index contributed by atoms with van der Waals surface area (Å²) in [7, 11) is 0. The third-order valence-corrected chi connectivity index (χ3v) is 10.7. The number of nitrogens with zero attached hydrogens (tertiary/aromatic N) is 4. The monoisotopic (exact) mass is 744 g/mol. The molecule has 0 N–H and O–H groups in total. The normalized spacial score (nSPS) is 11.4. The fourth-order valence-corrected chi connectivity index (χ4v) is 7.74. The fraction of sp³-hybridized carbons (Fsp3) is 0. The minimum absolute atomic E-state index is 0.613. The summed E-state index contributed by atoms with van der Waals surface area (Å²) in [5, 5.41) is 2.26. The standard InChI is InChI=1S/C52H32N4O2/c1-2-10-42-41(9-1)39(35-22-26-38(27-23-35)52-56-47-13-4-6-15-49(47)58-52)28-29-43(42)50-40(30-31-45(54-50)44-11-7-8-32-53-44)36-20-16-33(17-21-36)34-18-24-37(25-19-34)51-55-46-12-3-5-14-48(46)57-51/h1-32H. The van der Waals surface area contributed by atoms with Crippen LogP contribution in [0.15, 0.2) is 203 Å². The minimum Gasteiger partial charge on any atom is -0.436 e. The molecule has 0 aliphatic carbocycles. The zero-order valence-electron chi connectivity index (χ0n) is 31.1. The van der Waals surface area contributed by atoms with Crippen LogP contribution in [0.3, 0.4) is 0 Å². The average Bonchev–Trinajstić information content (AvgIpc) is 3.95. The molecular weight excluding hydrogens is 713 g/mol. The average molecular weight is 745 g/mol. The van der Waals surface area contributed by atoms with E-state index >= 15 is 0 Å². The molecule has 0 spiro atoms. The quantitative estimate of drug-likeness (QED) is 0.162. The Labute approximate surface area is 333 Å². The number of para-hydroxylation sites is 4. The number of rotatable bonds is 7. The minimum atomic E-state index is 0.613. The molecule has 7 aromatic carbocycles. The molecule has 4 aromatic heterocycles. The lowest BCUT2D eigenvalue weighted by atomic mass is 9.90. The van der Waals surface area contributed by atoms with Crippen LogP contribution in [0.2, 0.25) is 0 Å². The Morgan fingerprint density at radius 2 is 0.776 bits per heavy atom. The van der Waals surface area contributed by atoms with Crippen LogP contribution in [0.1, 0.15) is 0 Å². The number of fused-ring (bicyclic) bond motifs is 3. The molecule has 0 aliphatic rings. The van der Waals surface area contributed by atoms with Gasteiger partial charge in [0.25, 0.3) is 0 Å². The van der Waals surface area contributed by atoms with Gasteiger partial charge < -0.3 is 8.83 Å². The van der Waals surface area contributed by atoms with Gasteiger partial charge in [-0.3, -0.25) is 4.98 Å². The van der Waals surface area contributed by atoms with Crippen LogP contribution in [0, 0.1) is 0 Å². The number of aromatic nitrogens is 4. The summed E-state index contributed by atoms with van der Waals surface area (Å²) < 4.78 is 12.1. The maximum absolute atomic E-state index is 6.05. The van der Waals surface area contributed by atoms with Crippen molar-refractivity contribution >= 4 is 33.0 Å². The molecule has 11 aromatic rings. The van der Waals surface area contributed by atoms with E-state index in [0.717, 1.165) is 100 Å². The van der Waals surface area contributed by atoms with Crippen molar-refractivity contribution in [2.45, 2.75) is 0 Å². The van der Waals surface area contributed by atoms with Gasteiger partial charge in [-0.15, -0.1) is 0 Å². The van der Waals surface area contributed by atoms with E-state index in [1.807, 2.05) is 72.9 Å². The van der Waals surface area contributed by atoms with E-state index in [2.05, 4.69) is 131 Å². The Bertz CT molecular complexity index is 3190. The number of hydrogen-bond donors (Lipinski definition) is 0. The van der Waals surface area contributed by atoms with E-state index in [1.54, 1.807) is 0 Å². The van der Waals surface area contributed by atoms with Crippen molar-refractivity contribution in [1.82, 2.24) is 19.9 Å². The van der Waals surface area contributed by atoms with Crippen LogP contribution in [0.5, 0.6) is 0 Å². The van der Waals surface area contributed by atoms with Crippen LogP contribution in [0.4, 0.5) is 0 Å². The summed E-state index contributed by atoms with van der Waals surface area (Å²) in [6.45, 7) is 0. The molecule has 272 valence electrons. The third kappa shape index (κ3) is 6.01. The van der Waals surface area contributed by atoms with Gasteiger partial charge in [0.1, 0.15) is 11.0 Å². The van der Waals surface area contributed by atoms with E-state index in [-0.39, 0.29) is 0 Å². The molecule has 4 heterocycles. The third-order valence-electron chi connectivity index (χ3n) is 10.7. The maximum Gasteiger partial charge on any atom is 0.227 e. The SMILES string of the molecule is c1ccc(-c2ccc(-c3ccc(-c4ccc(-c5nc6ccccc6o5)cc4)cc3)c(-c3ccc(-c4ccc(-c5nc6ccccc6o5)cc4)c4ccccc34)n2)nc1. The molecule has 0 aliphatic heterocycles. The van der Waals surface area contributed by atoms with E-state index in [4.69, 9.17) is 18.8 Å². The highest BCUT2D eigenvalue weighted by Gasteiger charge is 2.18. The highest BCUT2D eigenvalue weighted by Crippen LogP contribution is 2.41. The lowest BCUT2D eigenvalue weighted by Gasteiger charge is -2.16. The summed E-state index contributed by atoms with van der Waals surface area (Å²) in [6, 6.07) is 64.3. The number of benzene rings is 7. The molecule has 11 rings (SSSR count). The molecule has 0 saturated heterocycles.